The summed E-state index contributed by atoms with van der Waals surface area (Å²) in [5, 5.41) is 5.79. The van der Waals surface area contributed by atoms with Gasteiger partial charge in [0.2, 0.25) is 5.91 Å². The Bertz CT molecular complexity index is 604. The third kappa shape index (κ3) is 5.90. The van der Waals surface area contributed by atoms with Gasteiger partial charge in [0.1, 0.15) is 0 Å². The first-order chi connectivity index (χ1) is 11.3. The molecule has 2 unspecified atom stereocenters. The molecule has 0 aliphatic heterocycles. The molecule has 2 rings (SSSR count). The molecule has 25 heavy (non-hydrogen) atoms. The van der Waals surface area contributed by atoms with E-state index in [2.05, 4.69) is 10.6 Å². The summed E-state index contributed by atoms with van der Waals surface area (Å²) in [7, 11) is 3.38. The lowest BCUT2D eigenvalue weighted by Gasteiger charge is -2.37. The minimum Gasteiger partial charge on any atom is -0.352 e. The van der Waals surface area contributed by atoms with Crippen molar-refractivity contribution < 1.29 is 9.59 Å². The summed E-state index contributed by atoms with van der Waals surface area (Å²) >= 11 is 0. The van der Waals surface area contributed by atoms with Crippen molar-refractivity contribution >= 4 is 30.0 Å². The van der Waals surface area contributed by atoms with Crippen LogP contribution in [-0.2, 0) is 11.3 Å². The fourth-order valence-corrected chi connectivity index (χ4v) is 3.10. The molecule has 4 N–H and O–H groups in total. The van der Waals surface area contributed by atoms with Crippen LogP contribution in [0, 0.1) is 5.92 Å². The van der Waals surface area contributed by atoms with Crippen LogP contribution >= 0.6 is 12.4 Å². The van der Waals surface area contributed by atoms with E-state index in [-0.39, 0.29) is 30.3 Å². The Morgan fingerprint density at radius 1 is 1.32 bits per heavy atom. The summed E-state index contributed by atoms with van der Waals surface area (Å²) in [4.78, 5) is 25.6. The van der Waals surface area contributed by atoms with Gasteiger partial charge in [0.25, 0.3) is 0 Å². The van der Waals surface area contributed by atoms with Crippen LogP contribution in [-0.4, -0.2) is 36.5 Å². The van der Waals surface area contributed by atoms with E-state index < -0.39 is 5.54 Å². The molecule has 3 amide bonds. The summed E-state index contributed by atoms with van der Waals surface area (Å²) < 4.78 is 0. The molecule has 0 spiro atoms. The zero-order valence-electron chi connectivity index (χ0n) is 15.2. The van der Waals surface area contributed by atoms with Crippen LogP contribution in [0.4, 0.5) is 10.5 Å². The predicted octanol–water partition coefficient (Wildman–Crippen LogP) is 2.73. The van der Waals surface area contributed by atoms with Gasteiger partial charge in [0.05, 0.1) is 5.92 Å². The topological polar surface area (TPSA) is 87.5 Å². The van der Waals surface area contributed by atoms with E-state index in [4.69, 9.17) is 5.73 Å². The van der Waals surface area contributed by atoms with E-state index >= 15 is 0 Å². The number of carbonyl (C=O) groups is 2. The molecular formula is C18H29ClN4O2. The van der Waals surface area contributed by atoms with Crippen LogP contribution in [0.3, 0.4) is 0 Å². The molecule has 1 aromatic rings. The Hall–Kier alpha value is -1.79. The number of carbonyl (C=O) groups excluding carboxylic acids is 2. The fourth-order valence-electron chi connectivity index (χ4n) is 3.10. The van der Waals surface area contributed by atoms with Gasteiger partial charge in [-0.3, -0.25) is 4.79 Å². The first kappa shape index (κ1) is 21.3. The third-order valence-corrected chi connectivity index (χ3v) is 4.62. The lowest BCUT2D eigenvalue weighted by molar-refractivity contribution is -0.128. The number of rotatable bonds is 4. The van der Waals surface area contributed by atoms with Crippen LogP contribution < -0.4 is 16.4 Å². The Morgan fingerprint density at radius 2 is 2.04 bits per heavy atom. The van der Waals surface area contributed by atoms with Crippen LogP contribution in [0.25, 0.3) is 0 Å². The Balaban J connectivity index is 0.00000312. The average Bonchev–Trinajstić information content (AvgIpc) is 2.52. The van der Waals surface area contributed by atoms with Gasteiger partial charge in [-0.2, -0.15) is 0 Å². The predicted molar refractivity (Wildman–Crippen MR) is 103 cm³/mol. The lowest BCUT2D eigenvalue weighted by atomic mass is 9.74. The van der Waals surface area contributed by atoms with Gasteiger partial charge in [0.15, 0.2) is 0 Å². The molecule has 1 aliphatic carbocycles. The second-order valence-electron chi connectivity index (χ2n) is 7.05. The molecule has 0 saturated heterocycles. The lowest BCUT2D eigenvalue weighted by Crippen LogP contribution is -2.52. The van der Waals surface area contributed by atoms with Crippen molar-refractivity contribution in [2.75, 3.05) is 19.4 Å². The van der Waals surface area contributed by atoms with Gasteiger partial charge in [-0.25, -0.2) is 4.79 Å². The summed E-state index contributed by atoms with van der Waals surface area (Å²) in [6.07, 6.45) is 3.87. The number of hydrogen-bond acceptors (Lipinski definition) is 3. The number of nitrogens with zero attached hydrogens (tertiary/aromatic N) is 1. The monoisotopic (exact) mass is 368 g/mol. The fraction of sp³-hybridized carbons (Fsp3) is 0.556. The highest BCUT2D eigenvalue weighted by atomic mass is 35.5. The first-order valence-corrected chi connectivity index (χ1v) is 8.43. The summed E-state index contributed by atoms with van der Waals surface area (Å²) in [6.45, 7) is 2.39. The van der Waals surface area contributed by atoms with Gasteiger partial charge in [-0.15, -0.1) is 12.4 Å². The maximum atomic E-state index is 12.5. The highest BCUT2D eigenvalue weighted by molar-refractivity contribution is 5.89. The van der Waals surface area contributed by atoms with Gasteiger partial charge < -0.3 is 21.3 Å². The summed E-state index contributed by atoms with van der Waals surface area (Å²) in [6, 6.07) is 7.29. The highest BCUT2D eigenvalue weighted by Crippen LogP contribution is 2.31. The molecule has 0 radical (unpaired) electrons. The molecule has 7 heteroatoms. The van der Waals surface area contributed by atoms with Gasteiger partial charge in [-0.1, -0.05) is 25.0 Å². The number of hydrogen-bond donors (Lipinski definition) is 3. The Morgan fingerprint density at radius 3 is 2.68 bits per heavy atom. The third-order valence-electron chi connectivity index (χ3n) is 4.62. The molecular weight excluding hydrogens is 340 g/mol. The van der Waals surface area contributed by atoms with Crippen molar-refractivity contribution in [2.24, 2.45) is 11.7 Å². The first-order valence-electron chi connectivity index (χ1n) is 8.43. The van der Waals surface area contributed by atoms with E-state index in [1.54, 1.807) is 14.1 Å². The minimum atomic E-state index is -0.427. The SMILES string of the molecule is CN(C)C(=O)Nc1cccc(CNC(=O)C2CCCCC2(C)N)c1.Cl. The van der Waals surface area contributed by atoms with Crippen LogP contribution in [0.2, 0.25) is 0 Å². The maximum Gasteiger partial charge on any atom is 0.321 e. The van der Waals surface area contributed by atoms with Crippen molar-refractivity contribution in [3.8, 4) is 0 Å². The Kier molecular flexibility index (Phi) is 7.70. The van der Waals surface area contributed by atoms with Crippen molar-refractivity contribution in [2.45, 2.75) is 44.7 Å². The van der Waals surface area contributed by atoms with E-state index in [0.717, 1.165) is 31.2 Å². The van der Waals surface area contributed by atoms with Crippen molar-refractivity contribution in [1.82, 2.24) is 10.2 Å². The summed E-state index contributed by atoms with van der Waals surface area (Å²) in [5.41, 5.74) is 7.51. The van der Waals surface area contributed by atoms with E-state index in [1.165, 1.54) is 4.90 Å². The van der Waals surface area contributed by atoms with Crippen LogP contribution in [0.5, 0.6) is 0 Å². The molecule has 1 aliphatic rings. The molecule has 2 atom stereocenters. The minimum absolute atomic E-state index is 0. The quantitative estimate of drug-likeness (QED) is 0.763. The smallest absolute Gasteiger partial charge is 0.321 e. The largest absolute Gasteiger partial charge is 0.352 e. The second-order valence-corrected chi connectivity index (χ2v) is 7.05. The number of urea groups is 1. The van der Waals surface area contributed by atoms with Crippen LogP contribution in [0.15, 0.2) is 24.3 Å². The van der Waals surface area contributed by atoms with Crippen molar-refractivity contribution in [1.29, 1.82) is 0 Å². The van der Waals surface area contributed by atoms with Gasteiger partial charge >= 0.3 is 6.03 Å². The molecule has 1 saturated carbocycles. The molecule has 0 aromatic heterocycles. The molecule has 1 fully saturated rings. The summed E-state index contributed by atoms with van der Waals surface area (Å²) in [5.74, 6) is -0.120. The van der Waals surface area contributed by atoms with E-state index in [9.17, 15) is 9.59 Å². The number of halogens is 1. The number of amides is 3. The maximum absolute atomic E-state index is 12.5. The highest BCUT2D eigenvalue weighted by Gasteiger charge is 2.37. The molecule has 140 valence electrons. The second kappa shape index (κ2) is 9.06. The van der Waals surface area contributed by atoms with Crippen molar-refractivity contribution in [3.05, 3.63) is 29.8 Å². The number of benzene rings is 1. The van der Waals surface area contributed by atoms with Crippen LogP contribution in [0.1, 0.15) is 38.2 Å². The van der Waals surface area contributed by atoms with E-state index in [0.29, 0.717) is 12.2 Å². The van der Waals surface area contributed by atoms with Crippen molar-refractivity contribution in [3.63, 3.8) is 0 Å². The molecule has 0 heterocycles. The normalized spacial score (nSPS) is 22.5. The van der Waals surface area contributed by atoms with Gasteiger partial charge in [-0.05, 0) is 37.5 Å². The zero-order chi connectivity index (χ0) is 17.7. The Labute approximate surface area is 155 Å². The zero-order valence-corrected chi connectivity index (χ0v) is 16.0. The molecule has 0 bridgehead atoms. The average molecular weight is 369 g/mol. The van der Waals surface area contributed by atoms with Gasteiger partial charge in [0, 0.05) is 31.9 Å². The standard InChI is InChI=1S/C18H28N4O2.ClH/c1-18(19)10-5-4-9-15(18)16(23)20-12-13-7-6-8-14(11-13)21-17(24)22(2)3;/h6-8,11,15H,4-5,9-10,12,19H2,1-3H3,(H,20,23)(H,21,24);1H. The van der Waals surface area contributed by atoms with E-state index in [1.807, 2.05) is 31.2 Å². The number of anilines is 1. The number of nitrogens with two attached hydrogens (primary N) is 1. The molecule has 6 nitrogen and oxygen atoms in total. The molecule has 1 aromatic carbocycles. The number of nitrogens with one attached hydrogen (secondary N) is 2.